The van der Waals surface area contributed by atoms with E-state index in [1.165, 1.54) is 12.1 Å². The van der Waals surface area contributed by atoms with Crippen molar-refractivity contribution in [3.63, 3.8) is 0 Å². The molecule has 86 valence electrons. The third-order valence-corrected chi connectivity index (χ3v) is 3.43. The molecule has 5 heteroatoms. The van der Waals surface area contributed by atoms with Gasteiger partial charge in [-0.2, -0.15) is 0 Å². The van der Waals surface area contributed by atoms with E-state index < -0.39 is 0 Å². The highest BCUT2D eigenvalue weighted by atomic mass is 35.5. The fourth-order valence-electron chi connectivity index (χ4n) is 1.82. The molecule has 1 amide bonds. The second kappa shape index (κ2) is 4.82. The Balaban J connectivity index is 2.35. The van der Waals surface area contributed by atoms with Crippen molar-refractivity contribution in [1.82, 2.24) is 4.90 Å². The van der Waals surface area contributed by atoms with Crippen molar-refractivity contribution in [3.05, 3.63) is 32.8 Å². The van der Waals surface area contributed by atoms with E-state index in [1.54, 1.807) is 4.90 Å². The van der Waals surface area contributed by atoms with Crippen LogP contribution in [0.4, 0.5) is 0 Å². The fourth-order valence-corrected chi connectivity index (χ4v) is 2.80. The maximum absolute atomic E-state index is 12.1. The van der Waals surface area contributed by atoms with E-state index in [0.29, 0.717) is 20.6 Å². The number of carbonyl (C=O) groups excluding carboxylic acids is 1. The van der Waals surface area contributed by atoms with E-state index in [-0.39, 0.29) is 5.91 Å². The molecule has 0 aliphatic carbocycles. The van der Waals surface area contributed by atoms with Crippen molar-refractivity contribution >= 4 is 40.7 Å². The Morgan fingerprint density at radius 1 is 1.06 bits per heavy atom. The van der Waals surface area contributed by atoms with Gasteiger partial charge in [0.25, 0.3) is 5.91 Å². The molecule has 1 aromatic rings. The van der Waals surface area contributed by atoms with Crippen molar-refractivity contribution in [3.8, 4) is 0 Å². The van der Waals surface area contributed by atoms with Gasteiger partial charge in [0, 0.05) is 18.1 Å². The van der Waals surface area contributed by atoms with Crippen molar-refractivity contribution in [1.29, 1.82) is 0 Å². The highest BCUT2D eigenvalue weighted by molar-refractivity contribution is 6.42. The van der Waals surface area contributed by atoms with Crippen LogP contribution in [0.15, 0.2) is 12.1 Å². The van der Waals surface area contributed by atoms with Crippen LogP contribution in [0.2, 0.25) is 15.1 Å². The summed E-state index contributed by atoms with van der Waals surface area (Å²) in [6.45, 7) is 1.54. The fraction of sp³-hybridized carbons (Fsp3) is 0.364. The number of hydrogen-bond donors (Lipinski definition) is 0. The van der Waals surface area contributed by atoms with E-state index in [4.69, 9.17) is 34.8 Å². The van der Waals surface area contributed by atoms with Gasteiger partial charge in [0.1, 0.15) is 0 Å². The Bertz CT molecular complexity index is 404. The molecular formula is C11H10Cl3NO. The minimum atomic E-state index is -0.107. The van der Waals surface area contributed by atoms with Crippen molar-refractivity contribution in [2.24, 2.45) is 0 Å². The predicted molar refractivity (Wildman–Crippen MR) is 66.6 cm³/mol. The summed E-state index contributed by atoms with van der Waals surface area (Å²) in [5.41, 5.74) is 0.356. The lowest BCUT2D eigenvalue weighted by molar-refractivity contribution is 0.0793. The summed E-state index contributed by atoms with van der Waals surface area (Å²) in [6, 6.07) is 3.08. The number of carbonyl (C=O) groups is 1. The number of rotatable bonds is 1. The number of hydrogen-bond acceptors (Lipinski definition) is 1. The molecule has 0 N–H and O–H groups in total. The first kappa shape index (κ1) is 12.0. The van der Waals surface area contributed by atoms with Crippen LogP contribution in [0, 0.1) is 0 Å². The highest BCUT2D eigenvalue weighted by Gasteiger charge is 2.24. The molecule has 0 atom stereocenters. The molecule has 1 heterocycles. The SMILES string of the molecule is O=C(c1c(Cl)cc(Cl)cc1Cl)N1CCCC1. The Morgan fingerprint density at radius 3 is 2.06 bits per heavy atom. The summed E-state index contributed by atoms with van der Waals surface area (Å²) in [5.74, 6) is -0.107. The maximum atomic E-state index is 12.1. The van der Waals surface area contributed by atoms with Crippen LogP contribution < -0.4 is 0 Å². The van der Waals surface area contributed by atoms with Crippen molar-refractivity contribution < 1.29 is 4.79 Å². The van der Waals surface area contributed by atoms with Gasteiger partial charge in [-0.05, 0) is 25.0 Å². The topological polar surface area (TPSA) is 20.3 Å². The van der Waals surface area contributed by atoms with Crippen LogP contribution in [0.25, 0.3) is 0 Å². The zero-order valence-electron chi connectivity index (χ0n) is 8.47. The van der Waals surface area contributed by atoms with Gasteiger partial charge in [0.2, 0.25) is 0 Å². The molecule has 0 unspecified atom stereocenters. The monoisotopic (exact) mass is 277 g/mol. The van der Waals surface area contributed by atoms with Gasteiger partial charge < -0.3 is 4.90 Å². The minimum absolute atomic E-state index is 0.107. The van der Waals surface area contributed by atoms with E-state index in [2.05, 4.69) is 0 Å². The van der Waals surface area contributed by atoms with Crippen LogP contribution in [0.1, 0.15) is 23.2 Å². The summed E-state index contributed by atoms with van der Waals surface area (Å²) >= 11 is 17.8. The van der Waals surface area contributed by atoms with E-state index in [9.17, 15) is 4.79 Å². The molecular weight excluding hydrogens is 268 g/mol. The number of halogens is 3. The molecule has 0 aromatic heterocycles. The first-order chi connectivity index (χ1) is 7.59. The first-order valence-corrected chi connectivity index (χ1v) is 6.17. The first-order valence-electron chi connectivity index (χ1n) is 5.03. The zero-order chi connectivity index (χ0) is 11.7. The molecule has 1 aliphatic rings. The molecule has 1 aliphatic heterocycles. The third kappa shape index (κ3) is 2.29. The van der Waals surface area contributed by atoms with E-state index in [0.717, 1.165) is 25.9 Å². The largest absolute Gasteiger partial charge is 0.339 e. The Kier molecular flexibility index (Phi) is 3.63. The molecule has 0 spiro atoms. The molecule has 0 bridgehead atoms. The molecule has 2 rings (SSSR count). The van der Waals surface area contributed by atoms with E-state index >= 15 is 0 Å². The van der Waals surface area contributed by atoms with Gasteiger partial charge in [-0.15, -0.1) is 0 Å². The molecule has 0 saturated carbocycles. The van der Waals surface area contributed by atoms with Crippen molar-refractivity contribution in [2.75, 3.05) is 13.1 Å². The summed E-state index contributed by atoms with van der Waals surface area (Å²) in [4.78, 5) is 13.9. The lowest BCUT2D eigenvalue weighted by Gasteiger charge is -2.17. The lowest BCUT2D eigenvalue weighted by atomic mass is 10.2. The van der Waals surface area contributed by atoms with Crippen molar-refractivity contribution in [2.45, 2.75) is 12.8 Å². The second-order valence-corrected chi connectivity index (χ2v) is 4.99. The number of benzene rings is 1. The third-order valence-electron chi connectivity index (χ3n) is 2.61. The van der Waals surface area contributed by atoms with Crippen LogP contribution in [-0.4, -0.2) is 23.9 Å². The van der Waals surface area contributed by atoms with E-state index in [1.807, 2.05) is 0 Å². The standard InChI is InChI=1S/C11H10Cl3NO/c12-7-5-8(13)10(9(14)6-7)11(16)15-3-1-2-4-15/h5-6H,1-4H2. The van der Waals surface area contributed by atoms with Gasteiger partial charge in [-0.25, -0.2) is 0 Å². The molecule has 16 heavy (non-hydrogen) atoms. The molecule has 0 radical (unpaired) electrons. The van der Waals surface area contributed by atoms with Gasteiger partial charge in [-0.1, -0.05) is 34.8 Å². The normalized spacial score (nSPS) is 15.6. The number of likely N-dealkylation sites (tertiary alicyclic amines) is 1. The zero-order valence-corrected chi connectivity index (χ0v) is 10.7. The van der Waals surface area contributed by atoms with Crippen LogP contribution in [-0.2, 0) is 0 Å². The van der Waals surface area contributed by atoms with Crippen LogP contribution >= 0.6 is 34.8 Å². The minimum Gasteiger partial charge on any atom is -0.339 e. The summed E-state index contributed by atoms with van der Waals surface area (Å²) in [7, 11) is 0. The molecule has 1 fully saturated rings. The Morgan fingerprint density at radius 2 is 1.56 bits per heavy atom. The van der Waals surface area contributed by atoms with Crippen LogP contribution in [0.5, 0.6) is 0 Å². The van der Waals surface area contributed by atoms with Gasteiger partial charge in [0.05, 0.1) is 15.6 Å². The maximum Gasteiger partial charge on any atom is 0.256 e. The van der Waals surface area contributed by atoms with Gasteiger partial charge >= 0.3 is 0 Å². The highest BCUT2D eigenvalue weighted by Crippen LogP contribution is 2.30. The average Bonchev–Trinajstić information content (AvgIpc) is 2.67. The van der Waals surface area contributed by atoms with Gasteiger partial charge in [0.15, 0.2) is 0 Å². The average molecular weight is 279 g/mol. The molecule has 1 aromatic carbocycles. The molecule has 1 saturated heterocycles. The summed E-state index contributed by atoms with van der Waals surface area (Å²) in [6.07, 6.45) is 2.07. The smallest absolute Gasteiger partial charge is 0.256 e. The number of nitrogens with zero attached hydrogens (tertiary/aromatic N) is 1. The Hall–Kier alpha value is -0.440. The number of amides is 1. The predicted octanol–water partition coefficient (Wildman–Crippen LogP) is 3.88. The Labute approximate surface area is 109 Å². The van der Waals surface area contributed by atoms with Crippen LogP contribution in [0.3, 0.4) is 0 Å². The van der Waals surface area contributed by atoms with Gasteiger partial charge in [-0.3, -0.25) is 4.79 Å². The second-order valence-electron chi connectivity index (χ2n) is 3.74. The molecule has 2 nitrogen and oxygen atoms in total. The quantitative estimate of drug-likeness (QED) is 0.763. The lowest BCUT2D eigenvalue weighted by Crippen LogP contribution is -2.28. The summed E-state index contributed by atoms with van der Waals surface area (Å²) < 4.78 is 0. The summed E-state index contributed by atoms with van der Waals surface area (Å²) in [5, 5.41) is 1.07.